The summed E-state index contributed by atoms with van der Waals surface area (Å²) in [6.07, 6.45) is 10.1. The average Bonchev–Trinajstić information content (AvgIpc) is 3.37. The Labute approximate surface area is 141 Å². The second-order valence-corrected chi connectivity index (χ2v) is 6.99. The molecule has 4 nitrogen and oxygen atoms in total. The molecule has 4 heteroatoms. The predicted molar refractivity (Wildman–Crippen MR) is 94.1 cm³/mol. The molecule has 0 bridgehead atoms. The third-order valence-electron chi connectivity index (χ3n) is 5.33. The summed E-state index contributed by atoms with van der Waals surface area (Å²) in [5.74, 6) is 1.09. The third kappa shape index (κ3) is 2.88. The van der Waals surface area contributed by atoms with Crippen LogP contribution in [0.25, 0.3) is 5.57 Å². The first-order chi connectivity index (χ1) is 11.7. The Kier molecular flexibility index (Phi) is 3.75. The van der Waals surface area contributed by atoms with E-state index in [1.165, 1.54) is 37.5 Å². The van der Waals surface area contributed by atoms with Crippen LogP contribution in [0.15, 0.2) is 47.4 Å². The Morgan fingerprint density at radius 3 is 2.62 bits per heavy atom. The van der Waals surface area contributed by atoms with Crippen molar-refractivity contribution in [1.82, 2.24) is 9.55 Å². The maximum absolute atomic E-state index is 12.2. The van der Waals surface area contributed by atoms with Gasteiger partial charge in [0.05, 0.1) is 13.3 Å². The van der Waals surface area contributed by atoms with Gasteiger partial charge >= 0.3 is 5.56 Å². The fourth-order valence-corrected chi connectivity index (χ4v) is 3.55. The number of ether oxygens (including phenoxy) is 1. The van der Waals surface area contributed by atoms with Crippen LogP contribution >= 0.6 is 0 Å². The molecule has 4 rings (SSSR count). The number of nitrogens with zero attached hydrogens (tertiary/aromatic N) is 2. The summed E-state index contributed by atoms with van der Waals surface area (Å²) in [4.78, 5) is 16.5. The van der Waals surface area contributed by atoms with Crippen molar-refractivity contribution < 1.29 is 4.74 Å². The molecule has 0 saturated heterocycles. The number of rotatable bonds is 4. The van der Waals surface area contributed by atoms with Crippen LogP contribution < -0.4 is 10.3 Å². The van der Waals surface area contributed by atoms with E-state index in [0.29, 0.717) is 17.7 Å². The largest absolute Gasteiger partial charge is 0.490 e. The highest BCUT2D eigenvalue weighted by molar-refractivity contribution is 5.61. The lowest BCUT2D eigenvalue weighted by atomic mass is 9.86. The fourth-order valence-electron chi connectivity index (χ4n) is 3.55. The third-order valence-corrected chi connectivity index (χ3v) is 5.33. The molecule has 1 spiro atoms. The maximum atomic E-state index is 12.2. The van der Waals surface area contributed by atoms with Gasteiger partial charge in [-0.25, -0.2) is 0 Å². The van der Waals surface area contributed by atoms with Crippen molar-refractivity contribution in [2.45, 2.75) is 38.6 Å². The van der Waals surface area contributed by atoms with Gasteiger partial charge in [-0.05, 0) is 48.7 Å². The van der Waals surface area contributed by atoms with Gasteiger partial charge in [0.25, 0.3) is 0 Å². The van der Waals surface area contributed by atoms with Crippen LogP contribution in [0.3, 0.4) is 0 Å². The minimum atomic E-state index is -0.288. The monoisotopic (exact) mass is 322 g/mol. The highest BCUT2D eigenvalue weighted by Crippen LogP contribution is 2.56. The predicted octanol–water partition coefficient (Wildman–Crippen LogP) is 3.65. The van der Waals surface area contributed by atoms with Crippen LogP contribution in [0.5, 0.6) is 5.75 Å². The van der Waals surface area contributed by atoms with E-state index in [2.05, 4.69) is 23.2 Å². The molecule has 1 aromatic carbocycles. The van der Waals surface area contributed by atoms with Gasteiger partial charge in [-0.3, -0.25) is 4.79 Å². The number of hydrogen-bond donors (Lipinski definition) is 0. The summed E-state index contributed by atoms with van der Waals surface area (Å²) in [5, 5.41) is 0. The van der Waals surface area contributed by atoms with Crippen LogP contribution in [0, 0.1) is 5.41 Å². The van der Waals surface area contributed by atoms with Gasteiger partial charge in [0.1, 0.15) is 5.82 Å². The van der Waals surface area contributed by atoms with Crippen LogP contribution in [0.1, 0.15) is 43.5 Å². The Hall–Kier alpha value is -2.36. The van der Waals surface area contributed by atoms with Gasteiger partial charge in [-0.2, -0.15) is 4.98 Å². The van der Waals surface area contributed by atoms with E-state index in [1.807, 2.05) is 22.8 Å². The van der Waals surface area contributed by atoms with Gasteiger partial charge in [-0.1, -0.05) is 36.4 Å². The molecule has 0 radical (unpaired) electrons. The fraction of sp³-hybridized carbons (Fsp3) is 0.400. The zero-order valence-corrected chi connectivity index (χ0v) is 14.0. The summed E-state index contributed by atoms with van der Waals surface area (Å²) < 4.78 is 7.24. The second-order valence-electron chi connectivity index (χ2n) is 6.99. The summed E-state index contributed by atoms with van der Waals surface area (Å²) in [6.45, 7) is 0.683. The molecule has 2 aliphatic rings. The van der Waals surface area contributed by atoms with Crippen molar-refractivity contribution in [2.75, 3.05) is 7.11 Å². The number of allylic oxidation sites excluding steroid dienone is 2. The van der Waals surface area contributed by atoms with Crippen molar-refractivity contribution in [2.24, 2.45) is 5.41 Å². The molecule has 0 atom stereocenters. The highest BCUT2D eigenvalue weighted by Gasteiger charge is 2.43. The Bertz CT molecular complexity index is 832. The van der Waals surface area contributed by atoms with E-state index < -0.39 is 0 Å². The molecule has 0 amide bonds. The number of aromatic nitrogens is 2. The van der Waals surface area contributed by atoms with E-state index >= 15 is 0 Å². The van der Waals surface area contributed by atoms with Gasteiger partial charge in [0.2, 0.25) is 5.75 Å². The zero-order chi connectivity index (χ0) is 16.6. The minimum absolute atomic E-state index is 0.288. The van der Waals surface area contributed by atoms with Crippen molar-refractivity contribution in [3.05, 3.63) is 64.3 Å². The quantitative estimate of drug-likeness (QED) is 0.863. The first-order valence-electron chi connectivity index (χ1n) is 8.58. The molecule has 1 heterocycles. The lowest BCUT2D eigenvalue weighted by Gasteiger charge is -2.23. The summed E-state index contributed by atoms with van der Waals surface area (Å²) in [7, 11) is 1.52. The number of methoxy groups -OCH3 is 1. The zero-order valence-electron chi connectivity index (χ0n) is 14.0. The van der Waals surface area contributed by atoms with Gasteiger partial charge in [0.15, 0.2) is 0 Å². The summed E-state index contributed by atoms with van der Waals surface area (Å²) >= 11 is 0. The lowest BCUT2D eigenvalue weighted by Crippen LogP contribution is -2.20. The van der Waals surface area contributed by atoms with Gasteiger partial charge in [0, 0.05) is 6.54 Å². The smallest absolute Gasteiger partial charge is 0.315 e. The van der Waals surface area contributed by atoms with Gasteiger partial charge < -0.3 is 9.30 Å². The standard InChI is InChI=1S/C20H22N2O2/c1-24-17-14-22(13-15-5-3-2-4-6-15)18(21-19(17)23)16-7-9-20(10-8-16)11-12-20/h2-7,14H,8-13H2,1H3. The van der Waals surface area contributed by atoms with Gasteiger partial charge in [-0.15, -0.1) is 0 Å². The molecule has 0 aliphatic heterocycles. The Morgan fingerprint density at radius 2 is 2.00 bits per heavy atom. The second kappa shape index (κ2) is 5.93. The first-order valence-corrected chi connectivity index (χ1v) is 8.58. The van der Waals surface area contributed by atoms with Crippen LogP contribution in [-0.2, 0) is 6.54 Å². The molecule has 2 aromatic rings. The topological polar surface area (TPSA) is 44.1 Å². The number of hydrogen-bond acceptors (Lipinski definition) is 3. The van der Waals surface area contributed by atoms with E-state index in [-0.39, 0.29) is 5.56 Å². The molecule has 24 heavy (non-hydrogen) atoms. The Balaban J connectivity index is 1.73. The average molecular weight is 322 g/mol. The maximum Gasteiger partial charge on any atom is 0.315 e. The molecule has 1 fully saturated rings. The summed E-state index contributed by atoms with van der Waals surface area (Å²) in [5.41, 5.74) is 2.66. The molecular formula is C20H22N2O2. The van der Waals surface area contributed by atoms with Crippen molar-refractivity contribution in [1.29, 1.82) is 0 Å². The SMILES string of the molecule is COc1cn(Cc2ccccc2)c(C2=CCC3(CC2)CC3)nc1=O. The van der Waals surface area contributed by atoms with Crippen LogP contribution in [0.4, 0.5) is 0 Å². The molecule has 1 saturated carbocycles. The highest BCUT2D eigenvalue weighted by atomic mass is 16.5. The van der Waals surface area contributed by atoms with Crippen LogP contribution in [0.2, 0.25) is 0 Å². The molecule has 0 unspecified atom stereocenters. The first kappa shape index (κ1) is 15.2. The molecule has 0 N–H and O–H groups in total. The molecule has 124 valence electrons. The number of benzene rings is 1. The molecule has 1 aromatic heterocycles. The lowest BCUT2D eigenvalue weighted by molar-refractivity contribution is 0.401. The molecular weight excluding hydrogens is 300 g/mol. The van der Waals surface area contributed by atoms with Crippen molar-refractivity contribution in [3.8, 4) is 5.75 Å². The normalized spacial score (nSPS) is 18.3. The van der Waals surface area contributed by atoms with E-state index in [9.17, 15) is 4.79 Å². The van der Waals surface area contributed by atoms with E-state index in [4.69, 9.17) is 4.74 Å². The van der Waals surface area contributed by atoms with E-state index in [1.54, 1.807) is 6.20 Å². The van der Waals surface area contributed by atoms with Crippen molar-refractivity contribution in [3.63, 3.8) is 0 Å². The molecule has 2 aliphatic carbocycles. The summed E-state index contributed by atoms with van der Waals surface area (Å²) in [6, 6.07) is 10.2. The minimum Gasteiger partial charge on any atom is -0.490 e. The van der Waals surface area contributed by atoms with Crippen molar-refractivity contribution >= 4 is 5.57 Å². The Morgan fingerprint density at radius 1 is 1.21 bits per heavy atom. The van der Waals surface area contributed by atoms with E-state index in [0.717, 1.165) is 18.7 Å². The van der Waals surface area contributed by atoms with Crippen LogP contribution in [-0.4, -0.2) is 16.7 Å².